The molecule has 0 bridgehead atoms. The maximum atomic E-state index is 13.1. The summed E-state index contributed by atoms with van der Waals surface area (Å²) in [5.74, 6) is 0.194. The molecule has 0 aromatic heterocycles. The Morgan fingerprint density at radius 1 is 1.00 bits per heavy atom. The first-order valence-corrected chi connectivity index (χ1v) is 10.5. The van der Waals surface area contributed by atoms with Crippen LogP contribution in [-0.4, -0.2) is 56.7 Å². The van der Waals surface area contributed by atoms with Crippen molar-refractivity contribution in [2.45, 2.75) is 6.42 Å². The molecular weight excluding hydrogens is 391 g/mol. The van der Waals surface area contributed by atoms with Gasteiger partial charge in [0.25, 0.3) is 0 Å². The van der Waals surface area contributed by atoms with E-state index in [1.165, 1.54) is 12.1 Å². The third kappa shape index (κ3) is 4.75. The second-order valence-electron chi connectivity index (χ2n) is 7.69. The van der Waals surface area contributed by atoms with E-state index in [4.69, 9.17) is 11.6 Å². The van der Waals surface area contributed by atoms with E-state index in [1.54, 1.807) is 0 Å². The summed E-state index contributed by atoms with van der Waals surface area (Å²) >= 11 is 6.29. The summed E-state index contributed by atoms with van der Waals surface area (Å²) in [5, 5.41) is 3.84. The van der Waals surface area contributed by atoms with Gasteiger partial charge < -0.3 is 20.0 Å². The summed E-state index contributed by atoms with van der Waals surface area (Å²) in [4.78, 5) is 18.9. The Labute approximate surface area is 176 Å². The molecule has 2 aromatic carbocycles. The van der Waals surface area contributed by atoms with Gasteiger partial charge in [-0.05, 0) is 48.7 Å². The Morgan fingerprint density at radius 2 is 1.72 bits per heavy atom. The molecule has 0 aliphatic carbocycles. The van der Waals surface area contributed by atoms with E-state index in [0.717, 1.165) is 49.0 Å². The van der Waals surface area contributed by atoms with E-state index in [1.807, 2.05) is 41.3 Å². The molecule has 1 atom stereocenters. The van der Waals surface area contributed by atoms with Crippen LogP contribution in [0.2, 0.25) is 5.02 Å². The van der Waals surface area contributed by atoms with Crippen LogP contribution in [0.15, 0.2) is 48.5 Å². The molecule has 5 nitrogen and oxygen atoms in total. The average molecular weight is 417 g/mol. The Hall–Kier alpha value is -2.47. The van der Waals surface area contributed by atoms with Gasteiger partial charge in [-0.1, -0.05) is 23.7 Å². The molecule has 1 N–H and O–H groups in total. The number of benzene rings is 2. The Bertz CT molecular complexity index is 839. The Balaban J connectivity index is 1.22. The molecule has 0 radical (unpaired) electrons. The van der Waals surface area contributed by atoms with Gasteiger partial charge in [-0.25, -0.2) is 9.18 Å². The van der Waals surface area contributed by atoms with Crippen LogP contribution in [0.5, 0.6) is 0 Å². The zero-order chi connectivity index (χ0) is 20.2. The van der Waals surface area contributed by atoms with E-state index < -0.39 is 0 Å². The van der Waals surface area contributed by atoms with Gasteiger partial charge in [-0.15, -0.1) is 0 Å². The molecule has 29 heavy (non-hydrogen) atoms. The summed E-state index contributed by atoms with van der Waals surface area (Å²) in [6.45, 7) is 5.40. The van der Waals surface area contributed by atoms with Gasteiger partial charge in [0.1, 0.15) is 5.82 Å². The van der Waals surface area contributed by atoms with Crippen LogP contribution in [0.1, 0.15) is 6.42 Å². The number of carbonyl (C=O) groups is 1. The van der Waals surface area contributed by atoms with Crippen LogP contribution in [0.25, 0.3) is 0 Å². The summed E-state index contributed by atoms with van der Waals surface area (Å²) in [6.07, 6.45) is 1.03. The van der Waals surface area contributed by atoms with Crippen LogP contribution < -0.4 is 15.1 Å². The van der Waals surface area contributed by atoms with E-state index in [-0.39, 0.29) is 11.8 Å². The van der Waals surface area contributed by atoms with Crippen molar-refractivity contribution in [3.8, 4) is 0 Å². The highest BCUT2D eigenvalue weighted by Crippen LogP contribution is 2.26. The Morgan fingerprint density at radius 3 is 2.45 bits per heavy atom. The number of para-hydroxylation sites is 1. The van der Waals surface area contributed by atoms with Gasteiger partial charge in [-0.2, -0.15) is 0 Å². The van der Waals surface area contributed by atoms with Gasteiger partial charge in [-0.3, -0.25) is 0 Å². The number of anilines is 2. The summed E-state index contributed by atoms with van der Waals surface area (Å²) < 4.78 is 13.1. The molecule has 2 aromatic rings. The summed E-state index contributed by atoms with van der Waals surface area (Å²) in [6, 6.07) is 14.4. The molecule has 2 saturated heterocycles. The first-order chi connectivity index (χ1) is 14.1. The van der Waals surface area contributed by atoms with Crippen LogP contribution in [0.3, 0.4) is 0 Å². The predicted octanol–water partition coefficient (Wildman–Crippen LogP) is 3.84. The third-order valence-corrected chi connectivity index (χ3v) is 6.10. The number of rotatable bonds is 4. The molecule has 2 fully saturated rings. The highest BCUT2D eigenvalue weighted by molar-refractivity contribution is 6.33. The quantitative estimate of drug-likeness (QED) is 0.823. The van der Waals surface area contributed by atoms with Gasteiger partial charge >= 0.3 is 6.03 Å². The lowest BCUT2D eigenvalue weighted by atomic mass is 10.1. The number of piperazine rings is 1. The zero-order valence-corrected chi connectivity index (χ0v) is 17.1. The van der Waals surface area contributed by atoms with Crippen molar-refractivity contribution in [1.82, 2.24) is 10.2 Å². The van der Waals surface area contributed by atoms with Crippen LogP contribution >= 0.6 is 11.6 Å². The normalized spacial score (nSPS) is 19.5. The fourth-order valence-corrected chi connectivity index (χ4v) is 4.34. The lowest BCUT2D eigenvalue weighted by molar-refractivity contribution is 0.193. The minimum absolute atomic E-state index is 0.00374. The lowest BCUT2D eigenvalue weighted by Crippen LogP contribution is -2.52. The highest BCUT2D eigenvalue weighted by atomic mass is 35.5. The average Bonchev–Trinajstić information content (AvgIpc) is 3.22. The predicted molar refractivity (Wildman–Crippen MR) is 115 cm³/mol. The molecule has 1 unspecified atom stereocenters. The largest absolute Gasteiger partial charge is 0.371 e. The number of halogens is 2. The van der Waals surface area contributed by atoms with Crippen LogP contribution in [0, 0.1) is 11.7 Å². The molecule has 2 aliphatic heterocycles. The molecular formula is C22H26ClFN4O. The second-order valence-corrected chi connectivity index (χ2v) is 8.10. The van der Waals surface area contributed by atoms with Crippen molar-refractivity contribution in [3.63, 3.8) is 0 Å². The molecule has 2 amide bonds. The monoisotopic (exact) mass is 416 g/mol. The fourth-order valence-electron chi connectivity index (χ4n) is 4.09. The van der Waals surface area contributed by atoms with Crippen molar-refractivity contribution >= 4 is 29.0 Å². The maximum absolute atomic E-state index is 13.1. The van der Waals surface area contributed by atoms with Gasteiger partial charge in [0.15, 0.2) is 0 Å². The minimum atomic E-state index is -0.216. The first kappa shape index (κ1) is 19.8. The topological polar surface area (TPSA) is 38.8 Å². The van der Waals surface area contributed by atoms with Gasteiger partial charge in [0, 0.05) is 51.5 Å². The SMILES string of the molecule is O=C(NCC1CCN(c2ccc(F)cc2)C1)N1CCN(c2ccccc2Cl)CC1. The standard InChI is InChI=1S/C22H26ClFN4O/c23-20-3-1-2-4-21(20)26-11-13-27(14-12-26)22(29)25-15-17-9-10-28(16-17)19-7-5-18(24)6-8-19/h1-8,17H,9-16H2,(H,25,29). The molecule has 2 aliphatic rings. The van der Waals surface area contributed by atoms with E-state index in [0.29, 0.717) is 25.6 Å². The number of urea groups is 1. The number of hydrogen-bond acceptors (Lipinski definition) is 3. The molecule has 154 valence electrons. The number of nitrogens with zero attached hydrogens (tertiary/aromatic N) is 3. The van der Waals surface area contributed by atoms with Gasteiger partial charge in [0.2, 0.25) is 0 Å². The van der Waals surface area contributed by atoms with Crippen molar-refractivity contribution in [2.75, 3.05) is 55.6 Å². The number of hydrogen-bond donors (Lipinski definition) is 1. The van der Waals surface area contributed by atoms with Gasteiger partial charge in [0.05, 0.1) is 10.7 Å². The van der Waals surface area contributed by atoms with Crippen molar-refractivity contribution < 1.29 is 9.18 Å². The summed E-state index contributed by atoms with van der Waals surface area (Å²) in [5.41, 5.74) is 2.07. The fraction of sp³-hybridized carbons (Fsp3) is 0.409. The molecule has 0 spiro atoms. The lowest BCUT2D eigenvalue weighted by Gasteiger charge is -2.36. The number of nitrogens with one attached hydrogen (secondary N) is 1. The minimum Gasteiger partial charge on any atom is -0.371 e. The van der Waals surface area contributed by atoms with Crippen molar-refractivity contribution in [1.29, 1.82) is 0 Å². The third-order valence-electron chi connectivity index (χ3n) is 5.78. The molecule has 7 heteroatoms. The Kier molecular flexibility index (Phi) is 6.09. The first-order valence-electron chi connectivity index (χ1n) is 10.1. The highest BCUT2D eigenvalue weighted by Gasteiger charge is 2.26. The smallest absolute Gasteiger partial charge is 0.317 e. The molecule has 2 heterocycles. The number of amides is 2. The molecule has 0 saturated carbocycles. The van der Waals surface area contributed by atoms with Crippen LogP contribution in [-0.2, 0) is 0 Å². The van der Waals surface area contributed by atoms with E-state index >= 15 is 0 Å². The molecule has 4 rings (SSSR count). The van der Waals surface area contributed by atoms with E-state index in [2.05, 4.69) is 15.1 Å². The summed E-state index contributed by atoms with van der Waals surface area (Å²) in [7, 11) is 0. The maximum Gasteiger partial charge on any atom is 0.317 e. The zero-order valence-electron chi connectivity index (χ0n) is 16.4. The van der Waals surface area contributed by atoms with Crippen molar-refractivity contribution in [2.24, 2.45) is 5.92 Å². The van der Waals surface area contributed by atoms with Crippen LogP contribution in [0.4, 0.5) is 20.6 Å². The van der Waals surface area contributed by atoms with E-state index in [9.17, 15) is 9.18 Å². The number of carbonyl (C=O) groups excluding carboxylic acids is 1. The van der Waals surface area contributed by atoms with Crippen molar-refractivity contribution in [3.05, 3.63) is 59.4 Å². The second kappa shape index (κ2) is 8.91.